The number of carbonyl (C=O) groups excluding carboxylic acids is 1. The van der Waals surface area contributed by atoms with Gasteiger partial charge in [-0.1, -0.05) is 6.92 Å². The molecule has 0 aromatic heterocycles. The van der Waals surface area contributed by atoms with Crippen molar-refractivity contribution in [2.45, 2.75) is 19.8 Å². The fourth-order valence-electron chi connectivity index (χ4n) is 1.69. The number of aliphatic hydroxyl groups is 1. The molecule has 0 aromatic rings. The number of hydrogen-bond acceptors (Lipinski definition) is 2. The lowest BCUT2D eigenvalue weighted by molar-refractivity contribution is 0.134. The Bertz CT molecular complexity index is 189. The molecule has 4 nitrogen and oxygen atoms in total. The minimum absolute atomic E-state index is 0.0342. The van der Waals surface area contributed by atoms with Gasteiger partial charge in [-0.15, -0.1) is 0 Å². The molecule has 0 aliphatic carbocycles. The van der Waals surface area contributed by atoms with Crippen LogP contribution in [0, 0.1) is 5.92 Å². The van der Waals surface area contributed by atoms with Crippen molar-refractivity contribution in [1.82, 2.24) is 9.80 Å². The summed E-state index contributed by atoms with van der Waals surface area (Å²) < 4.78 is 0. The van der Waals surface area contributed by atoms with E-state index in [0.29, 0.717) is 6.54 Å². The van der Waals surface area contributed by atoms with E-state index in [2.05, 4.69) is 6.92 Å². The molecule has 0 aromatic carbocycles. The van der Waals surface area contributed by atoms with Gasteiger partial charge in [0, 0.05) is 26.7 Å². The minimum atomic E-state index is 0.0342. The summed E-state index contributed by atoms with van der Waals surface area (Å²) in [6.07, 6.45) is 2.19. The van der Waals surface area contributed by atoms with Gasteiger partial charge in [0.05, 0.1) is 6.61 Å². The number of likely N-dealkylation sites (tertiary alicyclic amines) is 1. The minimum Gasteiger partial charge on any atom is -0.395 e. The predicted octanol–water partition coefficient (Wildman–Crippen LogP) is 0.762. The lowest BCUT2D eigenvalue weighted by Crippen LogP contribution is -2.45. The van der Waals surface area contributed by atoms with E-state index in [1.54, 1.807) is 11.9 Å². The van der Waals surface area contributed by atoms with E-state index < -0.39 is 0 Å². The van der Waals surface area contributed by atoms with E-state index in [-0.39, 0.29) is 12.6 Å². The van der Waals surface area contributed by atoms with E-state index in [4.69, 9.17) is 5.11 Å². The Kier molecular flexibility index (Phi) is 4.20. The lowest BCUT2D eigenvalue weighted by atomic mass is 10.00. The molecule has 1 fully saturated rings. The molecule has 1 aliphatic rings. The average Bonchev–Trinajstić information content (AvgIpc) is 2.18. The van der Waals surface area contributed by atoms with Crippen LogP contribution < -0.4 is 0 Å². The highest BCUT2D eigenvalue weighted by Gasteiger charge is 2.22. The maximum Gasteiger partial charge on any atom is 0.319 e. The standard InChI is InChI=1S/C10H20N2O2/c1-9-3-5-12(6-4-9)10(14)11(2)7-8-13/h9,13H,3-8H2,1-2H3. The van der Waals surface area contributed by atoms with Crippen molar-refractivity contribution in [2.75, 3.05) is 33.3 Å². The highest BCUT2D eigenvalue weighted by atomic mass is 16.3. The maximum atomic E-state index is 11.7. The van der Waals surface area contributed by atoms with Gasteiger partial charge in [0.2, 0.25) is 0 Å². The first kappa shape index (κ1) is 11.3. The molecule has 1 N–H and O–H groups in total. The Labute approximate surface area is 85.5 Å². The number of amides is 2. The van der Waals surface area contributed by atoms with Crippen molar-refractivity contribution < 1.29 is 9.90 Å². The number of likely N-dealkylation sites (N-methyl/N-ethyl adjacent to an activating group) is 1. The van der Waals surface area contributed by atoms with Crippen molar-refractivity contribution in [1.29, 1.82) is 0 Å². The van der Waals surface area contributed by atoms with Gasteiger partial charge in [-0.05, 0) is 18.8 Å². The monoisotopic (exact) mass is 200 g/mol. The highest BCUT2D eigenvalue weighted by molar-refractivity contribution is 5.74. The smallest absolute Gasteiger partial charge is 0.319 e. The number of carbonyl (C=O) groups is 1. The van der Waals surface area contributed by atoms with E-state index in [1.165, 1.54) is 0 Å². The van der Waals surface area contributed by atoms with E-state index in [9.17, 15) is 4.79 Å². The van der Waals surface area contributed by atoms with Crippen LogP contribution in [0.5, 0.6) is 0 Å². The first-order chi connectivity index (χ1) is 6.65. The second-order valence-corrected chi connectivity index (χ2v) is 4.10. The molecule has 0 atom stereocenters. The first-order valence-corrected chi connectivity index (χ1v) is 5.26. The zero-order valence-electron chi connectivity index (χ0n) is 9.07. The van der Waals surface area contributed by atoms with Crippen LogP contribution in [0.3, 0.4) is 0 Å². The van der Waals surface area contributed by atoms with Crippen LogP contribution in [-0.4, -0.2) is 54.2 Å². The van der Waals surface area contributed by atoms with Gasteiger partial charge in [0.15, 0.2) is 0 Å². The summed E-state index contributed by atoms with van der Waals surface area (Å²) in [7, 11) is 1.73. The molecule has 0 unspecified atom stereocenters. The number of piperidine rings is 1. The quantitative estimate of drug-likeness (QED) is 0.715. The summed E-state index contributed by atoms with van der Waals surface area (Å²) in [5, 5.41) is 8.71. The van der Waals surface area contributed by atoms with Gasteiger partial charge in [0.1, 0.15) is 0 Å². The number of nitrogens with zero attached hydrogens (tertiary/aromatic N) is 2. The molecule has 0 bridgehead atoms. The molecule has 4 heteroatoms. The molecule has 0 saturated carbocycles. The fraction of sp³-hybridized carbons (Fsp3) is 0.900. The highest BCUT2D eigenvalue weighted by Crippen LogP contribution is 2.16. The van der Waals surface area contributed by atoms with Crippen LogP contribution in [0.4, 0.5) is 4.79 Å². The Morgan fingerprint density at radius 2 is 2.07 bits per heavy atom. The third-order valence-electron chi connectivity index (χ3n) is 2.82. The summed E-state index contributed by atoms with van der Waals surface area (Å²) >= 11 is 0. The number of hydrogen-bond donors (Lipinski definition) is 1. The third-order valence-corrected chi connectivity index (χ3v) is 2.82. The Morgan fingerprint density at radius 3 is 2.57 bits per heavy atom. The Morgan fingerprint density at radius 1 is 1.50 bits per heavy atom. The van der Waals surface area contributed by atoms with Crippen molar-refractivity contribution in [3.05, 3.63) is 0 Å². The summed E-state index contributed by atoms with van der Waals surface area (Å²) in [5.41, 5.74) is 0. The van der Waals surface area contributed by atoms with Gasteiger partial charge in [-0.2, -0.15) is 0 Å². The number of rotatable bonds is 2. The lowest BCUT2D eigenvalue weighted by Gasteiger charge is -2.33. The molecular formula is C10H20N2O2. The Balaban J connectivity index is 2.37. The van der Waals surface area contributed by atoms with E-state index in [1.807, 2.05) is 4.90 Å². The van der Waals surface area contributed by atoms with Crippen LogP contribution in [-0.2, 0) is 0 Å². The zero-order chi connectivity index (χ0) is 10.6. The summed E-state index contributed by atoms with van der Waals surface area (Å²) in [4.78, 5) is 15.2. The molecule has 2 amide bonds. The average molecular weight is 200 g/mol. The van der Waals surface area contributed by atoms with Crippen LogP contribution in [0.15, 0.2) is 0 Å². The van der Waals surface area contributed by atoms with Crippen molar-refractivity contribution in [2.24, 2.45) is 5.92 Å². The fourth-order valence-corrected chi connectivity index (χ4v) is 1.69. The molecule has 0 radical (unpaired) electrons. The molecule has 14 heavy (non-hydrogen) atoms. The van der Waals surface area contributed by atoms with E-state index in [0.717, 1.165) is 31.8 Å². The van der Waals surface area contributed by atoms with Crippen molar-refractivity contribution >= 4 is 6.03 Å². The molecule has 1 aliphatic heterocycles. The van der Waals surface area contributed by atoms with Crippen molar-refractivity contribution in [3.63, 3.8) is 0 Å². The molecule has 1 rings (SSSR count). The molecule has 0 spiro atoms. The topological polar surface area (TPSA) is 43.8 Å². The summed E-state index contributed by atoms with van der Waals surface area (Å²) in [6, 6.07) is 0.0472. The molecule has 82 valence electrons. The van der Waals surface area contributed by atoms with Crippen LogP contribution in [0.1, 0.15) is 19.8 Å². The van der Waals surface area contributed by atoms with Gasteiger partial charge in [-0.25, -0.2) is 4.79 Å². The van der Waals surface area contributed by atoms with Crippen LogP contribution in [0.2, 0.25) is 0 Å². The Hall–Kier alpha value is -0.770. The second kappa shape index (κ2) is 5.20. The van der Waals surface area contributed by atoms with Gasteiger partial charge in [0.25, 0.3) is 0 Å². The number of aliphatic hydroxyl groups excluding tert-OH is 1. The summed E-state index contributed by atoms with van der Waals surface area (Å²) in [6.45, 7) is 4.39. The first-order valence-electron chi connectivity index (χ1n) is 5.26. The van der Waals surface area contributed by atoms with Gasteiger partial charge in [-0.3, -0.25) is 0 Å². The SMILES string of the molecule is CC1CCN(C(=O)N(C)CCO)CC1. The molecule has 1 saturated heterocycles. The van der Waals surface area contributed by atoms with Gasteiger partial charge >= 0.3 is 6.03 Å². The maximum absolute atomic E-state index is 11.7. The van der Waals surface area contributed by atoms with Crippen molar-refractivity contribution in [3.8, 4) is 0 Å². The van der Waals surface area contributed by atoms with Crippen LogP contribution in [0.25, 0.3) is 0 Å². The largest absolute Gasteiger partial charge is 0.395 e. The zero-order valence-corrected chi connectivity index (χ0v) is 9.07. The predicted molar refractivity (Wildman–Crippen MR) is 55.1 cm³/mol. The second-order valence-electron chi connectivity index (χ2n) is 4.10. The van der Waals surface area contributed by atoms with Crippen LogP contribution >= 0.6 is 0 Å². The van der Waals surface area contributed by atoms with Gasteiger partial charge < -0.3 is 14.9 Å². The number of urea groups is 1. The van der Waals surface area contributed by atoms with E-state index >= 15 is 0 Å². The molecular weight excluding hydrogens is 180 g/mol. The summed E-state index contributed by atoms with van der Waals surface area (Å²) in [5.74, 6) is 0.738. The molecule has 1 heterocycles. The normalized spacial score (nSPS) is 18.4. The third kappa shape index (κ3) is 2.87.